The van der Waals surface area contributed by atoms with Crippen molar-refractivity contribution in [1.29, 1.82) is 0 Å². The lowest BCUT2D eigenvalue weighted by molar-refractivity contribution is -0.0649. The Labute approximate surface area is 159 Å². The second-order valence-electron chi connectivity index (χ2n) is 7.40. The maximum Gasteiger partial charge on any atom is 0.257 e. The first kappa shape index (κ1) is 18.0. The van der Waals surface area contributed by atoms with Crippen molar-refractivity contribution in [2.45, 2.75) is 31.3 Å². The standard InChI is InChI=1S/C20H26N4O3/c1-23-15-16(14-22-23)19(25)24-10-7-20(8-11-24)17(6-13-27-20)5-12-26-18-4-2-3-9-21-18/h2-4,9,14-15,17H,5-8,10-13H2,1H3/t17-/m1/s1. The molecule has 2 aromatic rings. The molecule has 2 aliphatic heterocycles. The number of carbonyl (C=O) groups excluding carboxylic acids is 1. The van der Waals surface area contributed by atoms with Gasteiger partial charge in [-0.05, 0) is 37.7 Å². The Hall–Kier alpha value is -2.41. The van der Waals surface area contributed by atoms with Gasteiger partial charge in [0, 0.05) is 45.2 Å². The first-order valence-corrected chi connectivity index (χ1v) is 9.62. The SMILES string of the molecule is Cn1cc(C(=O)N2CCC3(CC2)OCC[C@H]3CCOc2ccccn2)cn1. The van der Waals surface area contributed by atoms with E-state index in [9.17, 15) is 4.79 Å². The summed E-state index contributed by atoms with van der Waals surface area (Å²) in [6.45, 7) is 2.90. The van der Waals surface area contributed by atoms with Crippen LogP contribution >= 0.6 is 0 Å². The Bertz CT molecular complexity index is 769. The third kappa shape index (κ3) is 3.83. The molecular formula is C20H26N4O3. The molecule has 4 heterocycles. The Morgan fingerprint density at radius 3 is 2.93 bits per heavy atom. The largest absolute Gasteiger partial charge is 0.478 e. The molecule has 1 spiro atoms. The fraction of sp³-hybridized carbons (Fsp3) is 0.550. The van der Waals surface area contributed by atoms with Crippen LogP contribution in [0, 0.1) is 5.92 Å². The third-order valence-electron chi connectivity index (χ3n) is 5.80. The van der Waals surface area contributed by atoms with E-state index >= 15 is 0 Å². The zero-order valence-electron chi connectivity index (χ0n) is 15.7. The molecule has 7 heteroatoms. The fourth-order valence-electron chi connectivity index (χ4n) is 4.29. The first-order chi connectivity index (χ1) is 13.2. The average Bonchev–Trinajstić information content (AvgIpc) is 3.30. The van der Waals surface area contributed by atoms with Crippen LogP contribution in [0.2, 0.25) is 0 Å². The van der Waals surface area contributed by atoms with Gasteiger partial charge < -0.3 is 14.4 Å². The number of aryl methyl sites for hydroxylation is 1. The zero-order valence-corrected chi connectivity index (χ0v) is 15.7. The van der Waals surface area contributed by atoms with E-state index in [0.717, 1.165) is 45.4 Å². The van der Waals surface area contributed by atoms with E-state index in [0.29, 0.717) is 24.0 Å². The highest BCUT2D eigenvalue weighted by molar-refractivity contribution is 5.93. The fourth-order valence-corrected chi connectivity index (χ4v) is 4.29. The lowest BCUT2D eigenvalue weighted by Gasteiger charge is -2.42. The number of piperidine rings is 1. The second kappa shape index (κ2) is 7.68. The lowest BCUT2D eigenvalue weighted by Crippen LogP contribution is -2.49. The van der Waals surface area contributed by atoms with Crippen LogP contribution in [0.4, 0.5) is 0 Å². The molecule has 0 bridgehead atoms. The first-order valence-electron chi connectivity index (χ1n) is 9.62. The molecule has 0 aromatic carbocycles. The van der Waals surface area contributed by atoms with Crippen LogP contribution in [0.25, 0.3) is 0 Å². The van der Waals surface area contributed by atoms with E-state index in [4.69, 9.17) is 9.47 Å². The number of carbonyl (C=O) groups is 1. The molecule has 7 nitrogen and oxygen atoms in total. The maximum atomic E-state index is 12.6. The summed E-state index contributed by atoms with van der Waals surface area (Å²) in [6, 6.07) is 5.69. The van der Waals surface area contributed by atoms with Crippen LogP contribution < -0.4 is 4.74 Å². The molecule has 144 valence electrons. The lowest BCUT2D eigenvalue weighted by atomic mass is 9.78. The van der Waals surface area contributed by atoms with Crippen LogP contribution in [-0.2, 0) is 11.8 Å². The second-order valence-corrected chi connectivity index (χ2v) is 7.40. The summed E-state index contributed by atoms with van der Waals surface area (Å²) in [5.41, 5.74) is 0.542. The Morgan fingerprint density at radius 2 is 2.22 bits per heavy atom. The number of aromatic nitrogens is 3. The van der Waals surface area contributed by atoms with E-state index in [1.54, 1.807) is 23.3 Å². The van der Waals surface area contributed by atoms with Gasteiger partial charge in [-0.1, -0.05) is 6.07 Å². The predicted octanol–water partition coefficient (Wildman–Crippen LogP) is 2.30. The van der Waals surface area contributed by atoms with Crippen molar-refractivity contribution >= 4 is 5.91 Å². The van der Waals surface area contributed by atoms with Gasteiger partial charge in [0.2, 0.25) is 5.88 Å². The summed E-state index contributed by atoms with van der Waals surface area (Å²) >= 11 is 0. The Balaban J connectivity index is 1.31. The van der Waals surface area contributed by atoms with Crippen molar-refractivity contribution in [2.24, 2.45) is 13.0 Å². The Kier molecular flexibility index (Phi) is 5.11. The highest BCUT2D eigenvalue weighted by Gasteiger charge is 2.46. The molecule has 0 N–H and O–H groups in total. The summed E-state index contributed by atoms with van der Waals surface area (Å²) in [4.78, 5) is 18.8. The number of rotatable bonds is 5. The summed E-state index contributed by atoms with van der Waals surface area (Å²) in [6.07, 6.45) is 8.92. The zero-order chi connectivity index (χ0) is 18.7. The van der Waals surface area contributed by atoms with Crippen molar-refractivity contribution in [3.63, 3.8) is 0 Å². The molecule has 1 atom stereocenters. The Morgan fingerprint density at radius 1 is 1.37 bits per heavy atom. The van der Waals surface area contributed by atoms with Crippen LogP contribution in [0.1, 0.15) is 36.0 Å². The summed E-state index contributed by atoms with van der Waals surface area (Å²) < 4.78 is 13.7. The van der Waals surface area contributed by atoms with Crippen molar-refractivity contribution in [3.05, 3.63) is 42.4 Å². The predicted molar refractivity (Wildman–Crippen MR) is 99.5 cm³/mol. The van der Waals surface area contributed by atoms with E-state index < -0.39 is 0 Å². The quantitative estimate of drug-likeness (QED) is 0.808. The van der Waals surface area contributed by atoms with Crippen LogP contribution in [0.5, 0.6) is 5.88 Å². The van der Waals surface area contributed by atoms with Crippen molar-refractivity contribution in [2.75, 3.05) is 26.3 Å². The monoisotopic (exact) mass is 370 g/mol. The molecule has 1 amide bonds. The summed E-state index contributed by atoms with van der Waals surface area (Å²) in [7, 11) is 1.83. The van der Waals surface area contributed by atoms with Gasteiger partial charge in [0.1, 0.15) is 0 Å². The number of nitrogens with zero attached hydrogens (tertiary/aromatic N) is 4. The van der Waals surface area contributed by atoms with Gasteiger partial charge >= 0.3 is 0 Å². The molecule has 2 fully saturated rings. The number of likely N-dealkylation sites (tertiary alicyclic amines) is 1. The summed E-state index contributed by atoms with van der Waals surface area (Å²) in [5, 5.41) is 4.10. The maximum absolute atomic E-state index is 12.6. The molecule has 27 heavy (non-hydrogen) atoms. The number of amides is 1. The molecule has 2 aliphatic rings. The van der Waals surface area contributed by atoms with Gasteiger partial charge in [0.15, 0.2) is 0 Å². The number of hydrogen-bond acceptors (Lipinski definition) is 5. The van der Waals surface area contributed by atoms with E-state index in [1.165, 1.54) is 0 Å². The number of hydrogen-bond donors (Lipinski definition) is 0. The highest BCUT2D eigenvalue weighted by Crippen LogP contribution is 2.42. The minimum absolute atomic E-state index is 0.0611. The van der Waals surface area contributed by atoms with Gasteiger partial charge in [0.25, 0.3) is 5.91 Å². The van der Waals surface area contributed by atoms with Crippen LogP contribution in [0.15, 0.2) is 36.8 Å². The minimum atomic E-state index is -0.112. The molecule has 0 radical (unpaired) electrons. The normalized spacial score (nSPS) is 21.5. The van der Waals surface area contributed by atoms with Gasteiger partial charge in [-0.3, -0.25) is 9.48 Å². The minimum Gasteiger partial charge on any atom is -0.478 e. The third-order valence-corrected chi connectivity index (χ3v) is 5.80. The van der Waals surface area contributed by atoms with E-state index in [2.05, 4.69) is 10.1 Å². The smallest absolute Gasteiger partial charge is 0.257 e. The average molecular weight is 370 g/mol. The van der Waals surface area contributed by atoms with Gasteiger partial charge in [-0.25, -0.2) is 4.98 Å². The molecule has 4 rings (SSSR count). The number of pyridine rings is 1. The number of ether oxygens (including phenoxy) is 2. The molecular weight excluding hydrogens is 344 g/mol. The van der Waals surface area contributed by atoms with Crippen molar-refractivity contribution < 1.29 is 14.3 Å². The molecule has 0 saturated carbocycles. The van der Waals surface area contributed by atoms with Crippen LogP contribution in [0.3, 0.4) is 0 Å². The summed E-state index contributed by atoms with van der Waals surface area (Å²) in [5.74, 6) is 1.20. The van der Waals surface area contributed by atoms with Gasteiger partial charge in [-0.2, -0.15) is 5.10 Å². The molecule has 0 unspecified atom stereocenters. The van der Waals surface area contributed by atoms with Gasteiger partial charge in [-0.15, -0.1) is 0 Å². The van der Waals surface area contributed by atoms with Crippen LogP contribution in [-0.4, -0.2) is 57.5 Å². The van der Waals surface area contributed by atoms with E-state index in [-0.39, 0.29) is 11.5 Å². The molecule has 0 aliphatic carbocycles. The topological polar surface area (TPSA) is 69.5 Å². The molecule has 2 saturated heterocycles. The highest BCUT2D eigenvalue weighted by atomic mass is 16.5. The van der Waals surface area contributed by atoms with E-state index in [1.807, 2.05) is 30.1 Å². The van der Waals surface area contributed by atoms with Gasteiger partial charge in [0.05, 0.1) is 24.0 Å². The van der Waals surface area contributed by atoms with Crippen molar-refractivity contribution in [1.82, 2.24) is 19.7 Å². The van der Waals surface area contributed by atoms with Crippen molar-refractivity contribution in [3.8, 4) is 5.88 Å². The molecule has 2 aromatic heterocycles.